The van der Waals surface area contributed by atoms with Crippen LogP contribution in [0.5, 0.6) is 11.8 Å². The number of carbonyl (C=O) groups excluding carboxylic acids is 2. The average molecular weight is 890 g/mol. The van der Waals surface area contributed by atoms with E-state index in [0.717, 1.165) is 11.4 Å². The number of pyridine rings is 2. The molecule has 2 rings (SSSR count). The number of alkyl halides is 2. The predicted octanol–water partition coefficient (Wildman–Crippen LogP) is 3.33. The molecule has 0 aromatic carbocycles. The largest absolute Gasteiger partial charge is 1.00 e. The molecule has 2 heterocycles. The Bertz CT molecular complexity index is 1430. The van der Waals surface area contributed by atoms with Crippen molar-refractivity contribution in [3.63, 3.8) is 0 Å². The fourth-order valence-corrected chi connectivity index (χ4v) is 3.07. The van der Waals surface area contributed by atoms with Gasteiger partial charge in [-0.3, -0.25) is 9.18 Å². The van der Waals surface area contributed by atoms with Crippen LogP contribution in [0.2, 0.25) is 20.1 Å². The van der Waals surface area contributed by atoms with Gasteiger partial charge in [-0.05, 0) is 41.5 Å². The summed E-state index contributed by atoms with van der Waals surface area (Å²) in [5.41, 5.74) is 11.7. The second kappa shape index (κ2) is 29.0. The number of nitrogens with zero attached hydrogens (tertiary/aromatic N) is 4. The van der Waals surface area contributed by atoms with E-state index in [4.69, 9.17) is 83.1 Å². The first-order chi connectivity index (χ1) is 23.2. The van der Waals surface area contributed by atoms with Gasteiger partial charge in [0.15, 0.2) is 19.3 Å². The van der Waals surface area contributed by atoms with E-state index < -0.39 is 47.0 Å². The molecule has 14 nitrogen and oxygen atoms in total. The van der Waals surface area contributed by atoms with Crippen molar-refractivity contribution in [2.24, 2.45) is 10.3 Å². The van der Waals surface area contributed by atoms with Crippen molar-refractivity contribution in [2.75, 3.05) is 45.0 Å². The number of nitrogen functional groups attached to an aromatic ring is 2. The Morgan fingerprint density at radius 1 is 0.840 bits per heavy atom. The summed E-state index contributed by atoms with van der Waals surface area (Å²) in [5, 5.41) is 16.6. The minimum Gasteiger partial charge on any atom is -0.857 e. The number of carbonyl (C=O) groups is 2. The van der Waals surface area contributed by atoms with Crippen LogP contribution in [0, 0.1) is 11.9 Å². The van der Waals surface area contributed by atoms with E-state index in [9.17, 15) is 27.9 Å². The van der Waals surface area contributed by atoms with Gasteiger partial charge in [-0.25, -0.2) is 9.78 Å². The molecule has 23 heteroatoms. The number of nitrogens with two attached hydrogens (primary N) is 2. The Hall–Kier alpha value is -1.55. The number of rotatable bonds is 12. The van der Waals surface area contributed by atoms with Crippen LogP contribution in [0.3, 0.4) is 0 Å². The molecule has 278 valence electrons. The molecule has 0 bridgehead atoms. The molecule has 2 aromatic heterocycles. The Labute approximate surface area is 359 Å². The van der Waals surface area contributed by atoms with Crippen LogP contribution < -0.4 is 72.7 Å². The first kappa shape index (κ1) is 50.6. The second-order valence-corrected chi connectivity index (χ2v) is 11.8. The van der Waals surface area contributed by atoms with Gasteiger partial charge in [0, 0.05) is 5.88 Å². The van der Waals surface area contributed by atoms with E-state index >= 15 is 0 Å². The molecular formula is C27H35BrCl4F3KN6O8. The molecule has 0 radical (unpaired) electrons. The van der Waals surface area contributed by atoms with Crippen molar-refractivity contribution < 1.29 is 105 Å². The van der Waals surface area contributed by atoms with Crippen LogP contribution >= 0.6 is 62.3 Å². The Morgan fingerprint density at radius 2 is 1.24 bits per heavy atom. The van der Waals surface area contributed by atoms with Crippen molar-refractivity contribution in [3.05, 3.63) is 32.0 Å². The number of anilines is 2. The molecule has 0 saturated carbocycles. The predicted molar refractivity (Wildman–Crippen MR) is 184 cm³/mol. The maximum Gasteiger partial charge on any atom is 1.00 e. The third kappa shape index (κ3) is 21.7. The number of hydrogen-bond acceptors (Lipinski definition) is 14. The van der Waals surface area contributed by atoms with Gasteiger partial charge in [-0.2, -0.15) is 13.8 Å². The molecule has 0 fully saturated rings. The summed E-state index contributed by atoms with van der Waals surface area (Å²) < 4.78 is 56.2. The smallest absolute Gasteiger partial charge is 0.857 e. The normalized spacial score (nSPS) is 11.0. The summed E-state index contributed by atoms with van der Waals surface area (Å²) in [5.74, 6) is -4.41. The van der Waals surface area contributed by atoms with Gasteiger partial charge in [-0.15, -0.1) is 0 Å². The van der Waals surface area contributed by atoms with Crippen LogP contribution in [-0.4, -0.2) is 77.8 Å². The quantitative estimate of drug-likeness (QED) is 0.0599. The molecular weight excluding hydrogens is 854 g/mol. The summed E-state index contributed by atoms with van der Waals surface area (Å²) >= 11 is 25.1. The second-order valence-electron chi connectivity index (χ2n) is 8.95. The van der Waals surface area contributed by atoms with Crippen molar-refractivity contribution >= 4 is 97.1 Å². The standard InChI is InChI=1S/C13H16Cl2FN3O4.C8H14BrNO3.C5H3Cl2FN2O.CH3F.K/c1-6(2)19-22-5-4-21-13(20)7(3)23-12-9(15)10(17)8(14)11(16)18-12;1-6(2)10-13-5-4-12-8(11)7(3)9;6-1-3(9)2(7)5(11)10-4(1)8;1-2;/h7H,4-5H2,1-3H3,(H2,17,18);7H,4-5H2,1-3H3;(H3,9,10,11);1H3;/q;;;;+1/p-1/i;;;1D;. The molecule has 4 N–H and O–H groups in total. The van der Waals surface area contributed by atoms with E-state index in [0.29, 0.717) is 0 Å². The Kier molecular flexibility index (Phi) is 29.3. The fourth-order valence-electron chi connectivity index (χ4n) is 2.25. The van der Waals surface area contributed by atoms with Gasteiger partial charge < -0.3 is 40.5 Å². The zero-order valence-electron chi connectivity index (χ0n) is 28.9. The van der Waals surface area contributed by atoms with Gasteiger partial charge in [0.25, 0.3) is 0 Å². The van der Waals surface area contributed by atoms with Crippen LogP contribution in [0.4, 0.5) is 24.5 Å². The number of esters is 2. The van der Waals surface area contributed by atoms with Gasteiger partial charge >= 0.3 is 63.3 Å². The minimum atomic E-state index is -1.10. The topological polar surface area (TPSA) is 206 Å². The van der Waals surface area contributed by atoms with Gasteiger partial charge in [-0.1, -0.05) is 72.6 Å². The van der Waals surface area contributed by atoms with Crippen molar-refractivity contribution in [3.8, 4) is 11.8 Å². The molecule has 2 unspecified atom stereocenters. The first-order valence-corrected chi connectivity index (χ1v) is 15.7. The van der Waals surface area contributed by atoms with E-state index in [2.05, 4.69) is 36.2 Å². The average Bonchev–Trinajstić information content (AvgIpc) is 3.04. The van der Waals surface area contributed by atoms with Gasteiger partial charge in [0.2, 0.25) is 17.8 Å². The zero-order chi connectivity index (χ0) is 39.1. The minimum absolute atomic E-state index is 0. The maximum atomic E-state index is 13.4. The SMILES string of the molecule is CC(C)=NOCCOC(=O)C(C)Br.CC(C)=NOCCOC(=O)C(C)Oc1nc(F)c(Cl)c(N)c1Cl.Nc1c(Cl)c([O-])nc(F)c1Cl.[2H]CF.[K+]. The zero-order valence-corrected chi connectivity index (χ0v) is 35.7. The molecule has 0 amide bonds. The van der Waals surface area contributed by atoms with Crippen molar-refractivity contribution in [1.29, 1.82) is 0 Å². The summed E-state index contributed by atoms with van der Waals surface area (Å²) in [6.45, 7) is 10.8. The van der Waals surface area contributed by atoms with Gasteiger partial charge in [0.05, 0.1) is 36.3 Å². The third-order valence-corrected chi connectivity index (χ3v) is 6.18. The number of aromatic nitrogens is 2. The molecule has 2 atom stereocenters. The van der Waals surface area contributed by atoms with Crippen molar-refractivity contribution in [1.82, 2.24) is 9.97 Å². The first-order valence-electron chi connectivity index (χ1n) is 14.0. The maximum absolute atomic E-state index is 13.4. The molecule has 0 aliphatic rings. The molecule has 50 heavy (non-hydrogen) atoms. The third-order valence-electron chi connectivity index (χ3n) is 4.36. The number of oxime groups is 2. The molecule has 0 aliphatic heterocycles. The van der Waals surface area contributed by atoms with Gasteiger partial charge in [0.1, 0.15) is 33.1 Å². The van der Waals surface area contributed by atoms with E-state index in [-0.39, 0.29) is 116 Å². The van der Waals surface area contributed by atoms with E-state index in [1.807, 2.05) is 13.8 Å². The molecule has 0 aliphatic carbocycles. The summed E-state index contributed by atoms with van der Waals surface area (Å²) in [7, 11) is -1.00. The van der Waals surface area contributed by atoms with Crippen LogP contribution in [0.15, 0.2) is 10.3 Å². The fraction of sp³-hybridized carbons (Fsp3) is 0.481. The number of ether oxygens (including phenoxy) is 3. The van der Waals surface area contributed by atoms with Crippen molar-refractivity contribution in [2.45, 2.75) is 52.5 Å². The summed E-state index contributed by atoms with van der Waals surface area (Å²) in [6, 6.07) is 0. The summed E-state index contributed by atoms with van der Waals surface area (Å²) in [4.78, 5) is 38.3. The molecule has 0 spiro atoms. The van der Waals surface area contributed by atoms with Crippen LogP contribution in [-0.2, 0) is 28.7 Å². The summed E-state index contributed by atoms with van der Waals surface area (Å²) in [6.07, 6.45) is -1.09. The molecule has 2 aromatic rings. The van der Waals surface area contributed by atoms with Crippen LogP contribution in [0.1, 0.15) is 42.9 Å². The number of halogens is 8. The Morgan fingerprint density at radius 3 is 1.66 bits per heavy atom. The van der Waals surface area contributed by atoms with E-state index in [1.54, 1.807) is 20.8 Å². The number of hydrogen-bond donors (Lipinski definition) is 2. The monoisotopic (exact) mass is 887 g/mol. The van der Waals surface area contributed by atoms with E-state index in [1.165, 1.54) is 6.92 Å². The Balaban J connectivity index is -0.000000698. The molecule has 0 saturated heterocycles. The van der Waals surface area contributed by atoms with Crippen LogP contribution in [0.25, 0.3) is 0 Å².